The molecule has 0 amide bonds. The number of benzene rings is 1. The summed E-state index contributed by atoms with van der Waals surface area (Å²) in [6.45, 7) is 5.34. The van der Waals surface area contributed by atoms with E-state index in [9.17, 15) is 15.3 Å². The summed E-state index contributed by atoms with van der Waals surface area (Å²) in [6, 6.07) is 6.98. The van der Waals surface area contributed by atoms with Gasteiger partial charge in [0.25, 0.3) is 0 Å². The van der Waals surface area contributed by atoms with Crippen molar-refractivity contribution < 1.29 is 15.3 Å². The molecule has 3 N–H and O–H groups in total. The second kappa shape index (κ2) is 12.2. The van der Waals surface area contributed by atoms with Crippen molar-refractivity contribution in [3.8, 4) is 5.75 Å². The van der Waals surface area contributed by atoms with Crippen molar-refractivity contribution in [1.82, 2.24) is 0 Å². The summed E-state index contributed by atoms with van der Waals surface area (Å²) in [4.78, 5) is 2.03. The first-order valence-corrected chi connectivity index (χ1v) is 9.46. The molecule has 0 aliphatic rings. The number of aliphatic hydroxyl groups excluding tert-OH is 2. The number of aromatic hydroxyl groups is 1. The molecule has 2 atom stereocenters. The number of phenols is 1. The van der Waals surface area contributed by atoms with Gasteiger partial charge in [-0.3, -0.25) is 0 Å². The summed E-state index contributed by atoms with van der Waals surface area (Å²) in [6.07, 6.45) is 7.39. The van der Waals surface area contributed by atoms with Gasteiger partial charge in [0.1, 0.15) is 5.75 Å². The second-order valence-corrected chi connectivity index (χ2v) is 6.72. The van der Waals surface area contributed by atoms with E-state index in [-0.39, 0.29) is 5.75 Å². The van der Waals surface area contributed by atoms with Gasteiger partial charge < -0.3 is 20.2 Å². The second-order valence-electron chi connectivity index (χ2n) is 6.72. The number of nitrogens with zero attached hydrogens (tertiary/aromatic N) is 1. The zero-order valence-electron chi connectivity index (χ0n) is 15.3. The molecule has 1 aromatic carbocycles. The Balaban J connectivity index is 2.63. The molecular weight excluding hydrogens is 302 g/mol. The van der Waals surface area contributed by atoms with E-state index < -0.39 is 12.2 Å². The number of phenolic OH excluding ortho intramolecular Hbond substituents is 1. The molecule has 1 rings (SSSR count). The molecule has 4 heteroatoms. The Kier molecular flexibility index (Phi) is 10.5. The highest BCUT2D eigenvalue weighted by molar-refractivity contribution is 5.49. The molecular formula is C20H35NO3. The van der Waals surface area contributed by atoms with Gasteiger partial charge in [0.05, 0.1) is 12.2 Å². The number of hydrogen-bond acceptors (Lipinski definition) is 4. The molecule has 24 heavy (non-hydrogen) atoms. The van der Waals surface area contributed by atoms with Crippen LogP contribution >= 0.6 is 0 Å². The lowest BCUT2D eigenvalue weighted by atomic mass is 10.1. The minimum Gasteiger partial charge on any atom is -0.508 e. The van der Waals surface area contributed by atoms with Crippen LogP contribution in [0.5, 0.6) is 5.75 Å². The van der Waals surface area contributed by atoms with Crippen LogP contribution in [0.2, 0.25) is 0 Å². The minimum absolute atomic E-state index is 0.227. The van der Waals surface area contributed by atoms with Crippen molar-refractivity contribution in [2.24, 2.45) is 0 Å². The van der Waals surface area contributed by atoms with Crippen LogP contribution in [-0.4, -0.2) is 40.6 Å². The van der Waals surface area contributed by atoms with E-state index in [1.165, 1.54) is 0 Å². The Morgan fingerprint density at radius 3 is 1.67 bits per heavy atom. The normalized spacial score (nSPS) is 13.7. The largest absolute Gasteiger partial charge is 0.508 e. The lowest BCUT2D eigenvalue weighted by molar-refractivity contribution is 0.145. The first kappa shape index (κ1) is 20.8. The van der Waals surface area contributed by atoms with E-state index in [2.05, 4.69) is 13.8 Å². The number of anilines is 1. The number of aliphatic hydroxyl groups is 2. The molecule has 0 spiro atoms. The Morgan fingerprint density at radius 1 is 0.792 bits per heavy atom. The van der Waals surface area contributed by atoms with Crippen LogP contribution in [0.25, 0.3) is 0 Å². The molecule has 0 aromatic heterocycles. The van der Waals surface area contributed by atoms with Crippen molar-refractivity contribution in [1.29, 1.82) is 0 Å². The van der Waals surface area contributed by atoms with Crippen LogP contribution in [0, 0.1) is 0 Å². The molecule has 0 saturated heterocycles. The van der Waals surface area contributed by atoms with E-state index in [4.69, 9.17) is 0 Å². The van der Waals surface area contributed by atoms with Gasteiger partial charge in [-0.15, -0.1) is 0 Å². The highest BCUT2D eigenvalue weighted by atomic mass is 16.3. The average Bonchev–Trinajstić information content (AvgIpc) is 2.55. The topological polar surface area (TPSA) is 63.9 Å². The average molecular weight is 338 g/mol. The first-order chi connectivity index (χ1) is 11.6. The van der Waals surface area contributed by atoms with Crippen LogP contribution in [0.3, 0.4) is 0 Å². The van der Waals surface area contributed by atoms with Gasteiger partial charge >= 0.3 is 0 Å². The SMILES string of the molecule is CCCCCC(O)CN(CC(O)CCCCC)c1ccc(O)cc1. The summed E-state index contributed by atoms with van der Waals surface area (Å²) in [7, 11) is 0. The lowest BCUT2D eigenvalue weighted by Crippen LogP contribution is -2.38. The van der Waals surface area contributed by atoms with Crippen LogP contribution in [0.15, 0.2) is 24.3 Å². The third-order valence-corrected chi connectivity index (χ3v) is 4.36. The molecule has 1 aromatic rings. The molecule has 138 valence electrons. The van der Waals surface area contributed by atoms with Gasteiger partial charge in [-0.05, 0) is 37.1 Å². The summed E-state index contributed by atoms with van der Waals surface area (Å²) in [5.74, 6) is 0.227. The fourth-order valence-corrected chi connectivity index (χ4v) is 2.90. The highest BCUT2D eigenvalue weighted by Gasteiger charge is 2.16. The quantitative estimate of drug-likeness (QED) is 0.475. The summed E-state index contributed by atoms with van der Waals surface area (Å²) < 4.78 is 0. The maximum atomic E-state index is 10.3. The van der Waals surface area contributed by atoms with Gasteiger partial charge in [0.2, 0.25) is 0 Å². The summed E-state index contributed by atoms with van der Waals surface area (Å²) in [5, 5.41) is 30.1. The number of rotatable bonds is 13. The van der Waals surface area contributed by atoms with Crippen LogP contribution in [0.1, 0.15) is 65.2 Å². The van der Waals surface area contributed by atoms with Crippen molar-refractivity contribution in [2.45, 2.75) is 77.4 Å². The third kappa shape index (κ3) is 8.55. The molecule has 0 aliphatic heterocycles. The molecule has 0 aliphatic carbocycles. The fraction of sp³-hybridized carbons (Fsp3) is 0.700. The zero-order chi connectivity index (χ0) is 17.8. The van der Waals surface area contributed by atoms with E-state index in [0.717, 1.165) is 57.1 Å². The van der Waals surface area contributed by atoms with Gasteiger partial charge in [0, 0.05) is 18.8 Å². The van der Waals surface area contributed by atoms with Crippen molar-refractivity contribution in [3.63, 3.8) is 0 Å². The predicted molar refractivity (Wildman–Crippen MR) is 101 cm³/mol. The van der Waals surface area contributed by atoms with Crippen LogP contribution in [0.4, 0.5) is 5.69 Å². The molecule has 0 radical (unpaired) electrons. The molecule has 0 heterocycles. The maximum Gasteiger partial charge on any atom is 0.115 e. The van der Waals surface area contributed by atoms with Gasteiger partial charge in [-0.25, -0.2) is 0 Å². The highest BCUT2D eigenvalue weighted by Crippen LogP contribution is 2.20. The molecule has 0 saturated carbocycles. The summed E-state index contributed by atoms with van der Waals surface area (Å²) in [5.41, 5.74) is 0.928. The smallest absolute Gasteiger partial charge is 0.115 e. The van der Waals surface area contributed by atoms with Crippen LogP contribution < -0.4 is 4.90 Å². The minimum atomic E-state index is -0.395. The first-order valence-electron chi connectivity index (χ1n) is 9.46. The standard InChI is InChI=1S/C20H35NO3/c1-3-5-7-9-19(23)15-21(16-20(24)10-8-6-4-2)17-11-13-18(22)14-12-17/h11-14,19-20,22-24H,3-10,15-16H2,1-2H3. The molecule has 2 unspecified atom stereocenters. The van der Waals surface area contributed by atoms with Gasteiger partial charge in [-0.1, -0.05) is 52.4 Å². The predicted octanol–water partition coefficient (Wildman–Crippen LogP) is 4.08. The third-order valence-electron chi connectivity index (χ3n) is 4.36. The van der Waals surface area contributed by atoms with Gasteiger partial charge in [-0.2, -0.15) is 0 Å². The van der Waals surface area contributed by atoms with E-state index in [1.54, 1.807) is 12.1 Å². The summed E-state index contributed by atoms with van der Waals surface area (Å²) >= 11 is 0. The van der Waals surface area contributed by atoms with Crippen LogP contribution in [-0.2, 0) is 0 Å². The Bertz CT molecular complexity index is 403. The number of unbranched alkanes of at least 4 members (excludes halogenated alkanes) is 4. The van der Waals surface area contributed by atoms with E-state index >= 15 is 0 Å². The van der Waals surface area contributed by atoms with Crippen molar-refractivity contribution in [2.75, 3.05) is 18.0 Å². The lowest BCUT2D eigenvalue weighted by Gasteiger charge is -2.29. The zero-order valence-corrected chi connectivity index (χ0v) is 15.3. The van der Waals surface area contributed by atoms with Gasteiger partial charge in [0.15, 0.2) is 0 Å². The van der Waals surface area contributed by atoms with Crippen molar-refractivity contribution in [3.05, 3.63) is 24.3 Å². The molecule has 0 bridgehead atoms. The number of hydrogen-bond donors (Lipinski definition) is 3. The Labute approximate surface area is 147 Å². The van der Waals surface area contributed by atoms with Crippen molar-refractivity contribution >= 4 is 5.69 Å². The molecule has 4 nitrogen and oxygen atoms in total. The Hall–Kier alpha value is -1.26. The molecule has 0 fully saturated rings. The monoisotopic (exact) mass is 337 g/mol. The fourth-order valence-electron chi connectivity index (χ4n) is 2.90. The Morgan fingerprint density at radius 2 is 1.25 bits per heavy atom. The van der Waals surface area contributed by atoms with E-state index in [1.807, 2.05) is 17.0 Å². The van der Waals surface area contributed by atoms with E-state index in [0.29, 0.717) is 13.1 Å². The maximum absolute atomic E-state index is 10.3.